The van der Waals surface area contributed by atoms with Gasteiger partial charge in [0.15, 0.2) is 6.29 Å². The SMILES string of the molecule is C=C[C@@H]1[C@@H](O[C@H]2O[C@@H](CO)[C@H](O)[C@@H](O)[C@@H]2O)OC=C(C(=O)O)[C@@H]1CC(=O)O. The Labute approximate surface area is 153 Å². The molecule has 2 aliphatic heterocycles. The highest BCUT2D eigenvalue weighted by Gasteiger charge is 2.47. The average Bonchev–Trinajstić information content (AvgIpc) is 2.61. The van der Waals surface area contributed by atoms with Gasteiger partial charge in [0.1, 0.15) is 24.4 Å². The van der Waals surface area contributed by atoms with Gasteiger partial charge in [-0.1, -0.05) is 6.08 Å². The molecule has 11 nitrogen and oxygen atoms in total. The zero-order valence-electron chi connectivity index (χ0n) is 14.1. The Morgan fingerprint density at radius 2 is 1.81 bits per heavy atom. The van der Waals surface area contributed by atoms with Crippen LogP contribution in [-0.2, 0) is 23.8 Å². The monoisotopic (exact) mass is 390 g/mol. The maximum Gasteiger partial charge on any atom is 0.335 e. The number of hydrogen-bond acceptors (Lipinski definition) is 9. The summed E-state index contributed by atoms with van der Waals surface area (Å²) < 4.78 is 15.9. The third kappa shape index (κ3) is 4.46. The maximum absolute atomic E-state index is 11.3. The van der Waals surface area contributed by atoms with E-state index in [1.807, 2.05) is 0 Å². The molecule has 0 saturated carbocycles. The quantitative estimate of drug-likeness (QED) is 0.265. The molecule has 0 aromatic heterocycles. The van der Waals surface area contributed by atoms with Crippen molar-refractivity contribution in [3.8, 4) is 0 Å². The van der Waals surface area contributed by atoms with Gasteiger partial charge in [0.05, 0.1) is 24.9 Å². The van der Waals surface area contributed by atoms with Crippen LogP contribution in [-0.4, -0.2) is 86.2 Å². The smallest absolute Gasteiger partial charge is 0.335 e. The number of carboxylic acid groups (broad SMARTS) is 2. The molecule has 0 aromatic rings. The lowest BCUT2D eigenvalue weighted by Gasteiger charge is -2.42. The van der Waals surface area contributed by atoms with Crippen LogP contribution in [0.25, 0.3) is 0 Å². The van der Waals surface area contributed by atoms with Gasteiger partial charge in [-0.25, -0.2) is 4.79 Å². The summed E-state index contributed by atoms with van der Waals surface area (Å²) in [6.07, 6.45) is -7.39. The van der Waals surface area contributed by atoms with Crippen LogP contribution in [0.15, 0.2) is 24.5 Å². The maximum atomic E-state index is 11.3. The van der Waals surface area contributed by atoms with E-state index in [-0.39, 0.29) is 5.57 Å². The number of rotatable bonds is 7. The summed E-state index contributed by atoms with van der Waals surface area (Å²) >= 11 is 0. The Morgan fingerprint density at radius 1 is 1.15 bits per heavy atom. The van der Waals surface area contributed by atoms with Gasteiger partial charge in [-0.3, -0.25) is 4.79 Å². The van der Waals surface area contributed by atoms with Gasteiger partial charge in [0, 0.05) is 11.8 Å². The van der Waals surface area contributed by atoms with Gasteiger partial charge in [0.2, 0.25) is 6.29 Å². The zero-order valence-corrected chi connectivity index (χ0v) is 14.1. The van der Waals surface area contributed by atoms with Crippen LogP contribution < -0.4 is 0 Å². The van der Waals surface area contributed by atoms with Crippen molar-refractivity contribution in [3.63, 3.8) is 0 Å². The van der Waals surface area contributed by atoms with Crippen LogP contribution in [0, 0.1) is 11.8 Å². The average molecular weight is 390 g/mol. The second-order valence-corrected chi connectivity index (χ2v) is 6.23. The molecule has 6 N–H and O–H groups in total. The van der Waals surface area contributed by atoms with E-state index < -0.39 is 73.8 Å². The fraction of sp³-hybridized carbons (Fsp3) is 0.625. The molecule has 0 amide bonds. The van der Waals surface area contributed by atoms with Crippen LogP contribution in [0.3, 0.4) is 0 Å². The van der Waals surface area contributed by atoms with Crippen LogP contribution in [0.1, 0.15) is 6.42 Å². The molecule has 2 heterocycles. The van der Waals surface area contributed by atoms with Gasteiger partial charge < -0.3 is 44.8 Å². The molecule has 2 rings (SSSR count). The Hall–Kier alpha value is -2.02. The highest BCUT2D eigenvalue weighted by molar-refractivity contribution is 5.88. The molecule has 0 spiro atoms. The van der Waals surface area contributed by atoms with E-state index in [2.05, 4.69) is 6.58 Å². The Balaban J connectivity index is 2.23. The molecule has 0 aromatic carbocycles. The lowest BCUT2D eigenvalue weighted by molar-refractivity contribution is -0.339. The summed E-state index contributed by atoms with van der Waals surface area (Å²) in [7, 11) is 0. The highest BCUT2D eigenvalue weighted by atomic mass is 16.8. The van der Waals surface area contributed by atoms with Gasteiger partial charge >= 0.3 is 11.9 Å². The first kappa shape index (κ1) is 21.3. The minimum atomic E-state index is -1.69. The third-order valence-electron chi connectivity index (χ3n) is 4.54. The predicted molar refractivity (Wildman–Crippen MR) is 84.9 cm³/mol. The highest BCUT2D eigenvalue weighted by Crippen LogP contribution is 2.36. The number of carbonyl (C=O) groups is 2. The number of aliphatic carboxylic acids is 2. The normalized spacial score (nSPS) is 39.2. The van der Waals surface area contributed by atoms with Crippen molar-refractivity contribution in [3.05, 3.63) is 24.5 Å². The summed E-state index contributed by atoms with van der Waals surface area (Å²) in [5, 5.41) is 57.1. The van der Waals surface area contributed by atoms with Gasteiger partial charge in [-0.05, 0) is 0 Å². The van der Waals surface area contributed by atoms with Gasteiger partial charge in [-0.2, -0.15) is 0 Å². The molecule has 152 valence electrons. The van der Waals surface area contributed by atoms with Gasteiger partial charge in [-0.15, -0.1) is 6.58 Å². The van der Waals surface area contributed by atoms with E-state index >= 15 is 0 Å². The molecule has 1 saturated heterocycles. The lowest BCUT2D eigenvalue weighted by atomic mass is 9.81. The molecule has 0 aliphatic carbocycles. The number of aliphatic hydroxyl groups excluding tert-OH is 4. The Bertz CT molecular complexity index is 601. The van der Waals surface area contributed by atoms with Gasteiger partial charge in [0.25, 0.3) is 0 Å². The van der Waals surface area contributed by atoms with Crippen molar-refractivity contribution >= 4 is 11.9 Å². The predicted octanol–water partition coefficient (Wildman–Crippen LogP) is -1.98. The topological polar surface area (TPSA) is 183 Å². The number of aliphatic hydroxyl groups is 4. The van der Waals surface area contributed by atoms with Crippen molar-refractivity contribution < 1.29 is 54.4 Å². The molecule has 8 atom stereocenters. The Morgan fingerprint density at radius 3 is 2.33 bits per heavy atom. The van der Waals surface area contributed by atoms with Crippen LogP contribution in [0.2, 0.25) is 0 Å². The minimum Gasteiger partial charge on any atom is -0.481 e. The van der Waals surface area contributed by atoms with E-state index in [1.54, 1.807) is 0 Å². The van der Waals surface area contributed by atoms with E-state index in [0.29, 0.717) is 0 Å². The molecule has 27 heavy (non-hydrogen) atoms. The number of carboxylic acids is 2. The van der Waals surface area contributed by atoms with Crippen LogP contribution in [0.5, 0.6) is 0 Å². The first-order valence-electron chi connectivity index (χ1n) is 8.10. The zero-order chi connectivity index (χ0) is 20.3. The summed E-state index contributed by atoms with van der Waals surface area (Å²) in [5.41, 5.74) is -0.282. The second-order valence-electron chi connectivity index (χ2n) is 6.23. The van der Waals surface area contributed by atoms with Crippen molar-refractivity contribution in [2.45, 2.75) is 43.4 Å². The molecule has 11 heteroatoms. The van der Waals surface area contributed by atoms with E-state index in [9.17, 15) is 35.1 Å². The molecule has 0 bridgehead atoms. The van der Waals surface area contributed by atoms with Crippen molar-refractivity contribution in [1.82, 2.24) is 0 Å². The third-order valence-corrected chi connectivity index (χ3v) is 4.54. The Kier molecular flexibility index (Phi) is 6.92. The summed E-state index contributed by atoms with van der Waals surface area (Å²) in [5.74, 6) is -4.56. The lowest BCUT2D eigenvalue weighted by Crippen LogP contribution is -2.60. The van der Waals surface area contributed by atoms with E-state index in [1.165, 1.54) is 6.08 Å². The second kappa shape index (κ2) is 8.78. The fourth-order valence-corrected chi connectivity index (χ4v) is 3.07. The van der Waals surface area contributed by atoms with E-state index in [4.69, 9.17) is 19.3 Å². The van der Waals surface area contributed by atoms with Crippen LogP contribution >= 0.6 is 0 Å². The molecule has 0 unspecified atom stereocenters. The fourth-order valence-electron chi connectivity index (χ4n) is 3.07. The molecular weight excluding hydrogens is 368 g/mol. The first-order chi connectivity index (χ1) is 12.7. The van der Waals surface area contributed by atoms with Crippen molar-refractivity contribution in [1.29, 1.82) is 0 Å². The largest absolute Gasteiger partial charge is 0.481 e. The molecule has 0 radical (unpaired) electrons. The molecule has 1 fully saturated rings. The van der Waals surface area contributed by atoms with Crippen LogP contribution in [0.4, 0.5) is 0 Å². The standard InChI is InChI=1S/C16H22O11/c1-2-6-7(3-10(18)19)8(14(23)24)5-25-15(6)27-16-13(22)12(21)11(20)9(4-17)26-16/h2,5-7,9,11-13,15-17,20-22H,1,3-4H2,(H,18,19)(H,23,24)/t6-,7+,9-,11-,12+,13-,15+,16+/m0/s1. The number of hydrogen-bond donors (Lipinski definition) is 6. The molecular formula is C16H22O11. The van der Waals surface area contributed by atoms with Crippen molar-refractivity contribution in [2.24, 2.45) is 11.8 Å². The summed E-state index contributed by atoms with van der Waals surface area (Å²) in [4.78, 5) is 22.5. The van der Waals surface area contributed by atoms with Crippen molar-refractivity contribution in [2.75, 3.05) is 6.61 Å². The van der Waals surface area contributed by atoms with E-state index in [0.717, 1.165) is 6.26 Å². The summed E-state index contributed by atoms with van der Waals surface area (Å²) in [6.45, 7) is 2.89. The summed E-state index contributed by atoms with van der Waals surface area (Å²) in [6, 6.07) is 0. The molecule has 2 aliphatic rings. The number of ether oxygens (including phenoxy) is 3. The minimum absolute atomic E-state index is 0.282. The first-order valence-corrected chi connectivity index (χ1v) is 8.10.